The lowest BCUT2D eigenvalue weighted by Gasteiger charge is -2.28. The molecule has 108 valence electrons. The Morgan fingerprint density at radius 3 is 2.75 bits per heavy atom. The van der Waals surface area contributed by atoms with Crippen molar-refractivity contribution < 1.29 is 9.13 Å². The van der Waals surface area contributed by atoms with Crippen LogP contribution >= 0.6 is 0 Å². The largest absolute Gasteiger partial charge is 0.374 e. The first kappa shape index (κ1) is 15.0. The summed E-state index contributed by atoms with van der Waals surface area (Å²) < 4.78 is 20.1. The van der Waals surface area contributed by atoms with Crippen LogP contribution in [0.2, 0.25) is 0 Å². The summed E-state index contributed by atoms with van der Waals surface area (Å²) >= 11 is 0. The molecular weight excluding hydrogens is 251 g/mol. The molecule has 1 aromatic rings. The first-order valence-corrected chi connectivity index (χ1v) is 7.30. The van der Waals surface area contributed by atoms with Gasteiger partial charge in [0.2, 0.25) is 0 Å². The van der Waals surface area contributed by atoms with Gasteiger partial charge in [0.05, 0.1) is 12.7 Å². The van der Waals surface area contributed by atoms with Crippen LogP contribution in [0.15, 0.2) is 37.4 Å². The molecular formula is C18H23FO. The number of halogens is 1. The van der Waals surface area contributed by atoms with Gasteiger partial charge in [-0.15, -0.1) is 13.2 Å². The lowest BCUT2D eigenvalue weighted by atomic mass is 9.87. The SMILES string of the molecule is C=CCCc1ccc(C2CCC(C=C)OC2)c(C)c1F. The highest BCUT2D eigenvalue weighted by Crippen LogP contribution is 2.32. The van der Waals surface area contributed by atoms with E-state index < -0.39 is 0 Å². The van der Waals surface area contributed by atoms with Crippen LogP contribution < -0.4 is 0 Å². The van der Waals surface area contributed by atoms with Gasteiger partial charge in [0.15, 0.2) is 0 Å². The third-order valence-electron chi connectivity index (χ3n) is 4.14. The fourth-order valence-electron chi connectivity index (χ4n) is 2.85. The van der Waals surface area contributed by atoms with E-state index in [-0.39, 0.29) is 11.9 Å². The molecule has 0 amide bonds. The maximum Gasteiger partial charge on any atom is 0.129 e. The van der Waals surface area contributed by atoms with Crippen LogP contribution in [0.4, 0.5) is 4.39 Å². The summed E-state index contributed by atoms with van der Waals surface area (Å²) in [7, 11) is 0. The fraction of sp³-hybridized carbons (Fsp3) is 0.444. The Morgan fingerprint density at radius 1 is 1.35 bits per heavy atom. The number of rotatable bonds is 5. The second kappa shape index (κ2) is 6.85. The van der Waals surface area contributed by atoms with Crippen LogP contribution in [0.5, 0.6) is 0 Å². The Morgan fingerprint density at radius 2 is 2.15 bits per heavy atom. The van der Waals surface area contributed by atoms with Crippen LogP contribution in [0.3, 0.4) is 0 Å². The monoisotopic (exact) mass is 274 g/mol. The van der Waals surface area contributed by atoms with Gasteiger partial charge in [0.25, 0.3) is 0 Å². The molecule has 0 saturated carbocycles. The molecule has 1 aliphatic rings. The second-order valence-corrected chi connectivity index (χ2v) is 5.46. The summed E-state index contributed by atoms with van der Waals surface area (Å²) in [5.41, 5.74) is 2.65. The van der Waals surface area contributed by atoms with E-state index in [4.69, 9.17) is 4.74 Å². The zero-order chi connectivity index (χ0) is 14.5. The highest BCUT2D eigenvalue weighted by molar-refractivity contribution is 5.36. The van der Waals surface area contributed by atoms with Gasteiger partial charge in [0, 0.05) is 5.92 Å². The lowest BCUT2D eigenvalue weighted by Crippen LogP contribution is -2.23. The minimum atomic E-state index is -0.0600. The van der Waals surface area contributed by atoms with Crippen molar-refractivity contribution in [2.45, 2.75) is 44.6 Å². The Balaban J connectivity index is 2.15. The second-order valence-electron chi connectivity index (χ2n) is 5.46. The summed E-state index contributed by atoms with van der Waals surface area (Å²) in [6.07, 6.45) is 7.36. The molecule has 1 aliphatic heterocycles. The van der Waals surface area contributed by atoms with E-state index in [2.05, 4.69) is 19.2 Å². The van der Waals surface area contributed by atoms with E-state index in [1.165, 1.54) is 0 Å². The van der Waals surface area contributed by atoms with Gasteiger partial charge in [-0.05, 0) is 49.3 Å². The molecule has 1 heterocycles. The average Bonchev–Trinajstić information content (AvgIpc) is 2.49. The number of hydrogen-bond acceptors (Lipinski definition) is 1. The molecule has 0 spiro atoms. The molecule has 1 saturated heterocycles. The molecule has 0 radical (unpaired) electrons. The van der Waals surface area contributed by atoms with Crippen molar-refractivity contribution in [3.8, 4) is 0 Å². The van der Waals surface area contributed by atoms with Gasteiger partial charge < -0.3 is 4.74 Å². The predicted molar refractivity (Wildman–Crippen MR) is 81.6 cm³/mol. The molecule has 0 aromatic heterocycles. The Labute approximate surface area is 121 Å². The third-order valence-corrected chi connectivity index (χ3v) is 4.14. The Bertz CT molecular complexity index is 484. The van der Waals surface area contributed by atoms with E-state index in [1.54, 1.807) is 0 Å². The molecule has 2 rings (SSSR count). The number of aryl methyl sites for hydroxylation is 1. The smallest absolute Gasteiger partial charge is 0.129 e. The molecule has 2 unspecified atom stereocenters. The first-order valence-electron chi connectivity index (χ1n) is 7.30. The average molecular weight is 274 g/mol. The maximum absolute atomic E-state index is 14.4. The molecule has 0 N–H and O–H groups in total. The van der Waals surface area contributed by atoms with Gasteiger partial charge in [-0.3, -0.25) is 0 Å². The van der Waals surface area contributed by atoms with E-state index in [0.717, 1.165) is 42.4 Å². The maximum atomic E-state index is 14.4. The van der Waals surface area contributed by atoms with Crippen molar-refractivity contribution in [2.75, 3.05) is 6.61 Å². The molecule has 2 heteroatoms. The quantitative estimate of drug-likeness (QED) is 0.707. The number of allylic oxidation sites excluding steroid dienone is 1. The van der Waals surface area contributed by atoms with Crippen molar-refractivity contribution in [3.05, 3.63) is 60.0 Å². The molecule has 0 aliphatic carbocycles. The van der Waals surface area contributed by atoms with Crippen molar-refractivity contribution in [1.82, 2.24) is 0 Å². The van der Waals surface area contributed by atoms with Crippen LogP contribution in [0, 0.1) is 12.7 Å². The summed E-state index contributed by atoms with van der Waals surface area (Å²) in [5.74, 6) is 0.240. The van der Waals surface area contributed by atoms with Crippen LogP contribution in [-0.4, -0.2) is 12.7 Å². The number of hydrogen-bond donors (Lipinski definition) is 0. The molecule has 20 heavy (non-hydrogen) atoms. The van der Waals surface area contributed by atoms with Gasteiger partial charge in [-0.1, -0.05) is 24.3 Å². The summed E-state index contributed by atoms with van der Waals surface area (Å²) in [5, 5.41) is 0. The van der Waals surface area contributed by atoms with Crippen LogP contribution in [0.25, 0.3) is 0 Å². The Hall–Kier alpha value is -1.41. The van der Waals surface area contributed by atoms with E-state index in [9.17, 15) is 4.39 Å². The molecule has 1 fully saturated rings. The topological polar surface area (TPSA) is 9.23 Å². The zero-order valence-electron chi connectivity index (χ0n) is 12.2. The van der Waals surface area contributed by atoms with Gasteiger partial charge >= 0.3 is 0 Å². The molecule has 1 nitrogen and oxygen atoms in total. The molecule has 2 atom stereocenters. The van der Waals surface area contributed by atoms with Crippen molar-refractivity contribution in [2.24, 2.45) is 0 Å². The predicted octanol–water partition coefficient (Wildman–Crippen LogP) is 4.70. The third kappa shape index (κ3) is 3.18. The van der Waals surface area contributed by atoms with Crippen LogP contribution in [-0.2, 0) is 11.2 Å². The van der Waals surface area contributed by atoms with Gasteiger partial charge in [0.1, 0.15) is 5.82 Å². The van der Waals surface area contributed by atoms with Crippen molar-refractivity contribution in [3.63, 3.8) is 0 Å². The Kier molecular flexibility index (Phi) is 5.13. The minimum absolute atomic E-state index is 0.0600. The number of benzene rings is 1. The highest BCUT2D eigenvalue weighted by Gasteiger charge is 2.23. The standard InChI is InChI=1S/C18H23FO/c1-4-6-7-14-9-11-17(13(3)18(14)19)15-8-10-16(5-2)20-12-15/h4-5,9,11,15-16H,1-2,6-8,10,12H2,3H3. The van der Waals surface area contributed by atoms with E-state index >= 15 is 0 Å². The van der Waals surface area contributed by atoms with Gasteiger partial charge in [-0.2, -0.15) is 0 Å². The first-order chi connectivity index (χ1) is 9.67. The number of ether oxygens (including phenoxy) is 1. The summed E-state index contributed by atoms with van der Waals surface area (Å²) in [6, 6.07) is 3.99. The highest BCUT2D eigenvalue weighted by atomic mass is 19.1. The lowest BCUT2D eigenvalue weighted by molar-refractivity contribution is 0.0327. The van der Waals surface area contributed by atoms with Gasteiger partial charge in [-0.25, -0.2) is 4.39 Å². The zero-order valence-corrected chi connectivity index (χ0v) is 12.2. The normalized spacial score (nSPS) is 22.5. The molecule has 1 aromatic carbocycles. The van der Waals surface area contributed by atoms with E-state index in [1.807, 2.05) is 25.1 Å². The summed E-state index contributed by atoms with van der Waals surface area (Å²) in [6.45, 7) is 9.98. The van der Waals surface area contributed by atoms with Crippen molar-refractivity contribution >= 4 is 0 Å². The van der Waals surface area contributed by atoms with Crippen LogP contribution in [0.1, 0.15) is 41.9 Å². The van der Waals surface area contributed by atoms with E-state index in [0.29, 0.717) is 12.5 Å². The fourth-order valence-corrected chi connectivity index (χ4v) is 2.85. The summed E-state index contributed by atoms with van der Waals surface area (Å²) in [4.78, 5) is 0. The molecule has 0 bridgehead atoms. The van der Waals surface area contributed by atoms with Crippen molar-refractivity contribution in [1.29, 1.82) is 0 Å². The minimum Gasteiger partial charge on any atom is -0.374 e.